The number of hydrogen-bond donors (Lipinski definition) is 2. The molecule has 4 fully saturated rings. The van der Waals surface area contributed by atoms with Crippen LogP contribution in [0.3, 0.4) is 0 Å². The number of hydrogen-bond acceptors (Lipinski definition) is 2. The fraction of sp³-hybridized carbons (Fsp3) is 1.00. The van der Waals surface area contributed by atoms with E-state index in [9.17, 15) is 23.4 Å². The van der Waals surface area contributed by atoms with E-state index in [-0.39, 0.29) is 35.7 Å². The lowest BCUT2D eigenvalue weighted by molar-refractivity contribution is -0.290. The zero-order chi connectivity index (χ0) is 21.4. The zero-order valence-corrected chi connectivity index (χ0v) is 18.4. The smallest absolute Gasteiger partial charge is 0.393 e. The summed E-state index contributed by atoms with van der Waals surface area (Å²) in [6.45, 7) is 8.76. The van der Waals surface area contributed by atoms with Crippen LogP contribution in [0.2, 0.25) is 0 Å². The van der Waals surface area contributed by atoms with E-state index in [1.54, 1.807) is 0 Å². The summed E-state index contributed by atoms with van der Waals surface area (Å²) >= 11 is 0. The van der Waals surface area contributed by atoms with Crippen LogP contribution in [0.4, 0.5) is 13.2 Å². The van der Waals surface area contributed by atoms with E-state index < -0.39 is 11.8 Å². The number of aliphatic hydroxyl groups excluding tert-OH is 1. The van der Waals surface area contributed by atoms with Crippen LogP contribution in [-0.4, -0.2) is 28.1 Å². The molecule has 168 valence electrons. The average molecular weight is 417 g/mol. The Labute approximate surface area is 173 Å². The van der Waals surface area contributed by atoms with Crippen molar-refractivity contribution in [3.8, 4) is 0 Å². The van der Waals surface area contributed by atoms with Crippen LogP contribution in [-0.2, 0) is 0 Å². The third-order valence-corrected chi connectivity index (χ3v) is 10.7. The van der Waals surface area contributed by atoms with Crippen molar-refractivity contribution >= 4 is 0 Å². The fourth-order valence-corrected chi connectivity index (χ4v) is 8.74. The minimum Gasteiger partial charge on any atom is -0.393 e. The number of aliphatic hydroxyl groups is 2. The summed E-state index contributed by atoms with van der Waals surface area (Å²) in [7, 11) is 0. The van der Waals surface area contributed by atoms with Crippen molar-refractivity contribution in [1.82, 2.24) is 0 Å². The molecule has 0 amide bonds. The summed E-state index contributed by atoms with van der Waals surface area (Å²) in [4.78, 5) is 0. The summed E-state index contributed by atoms with van der Waals surface area (Å²) in [6, 6.07) is 0. The molecule has 0 aromatic carbocycles. The van der Waals surface area contributed by atoms with E-state index >= 15 is 0 Å². The van der Waals surface area contributed by atoms with Gasteiger partial charge in [0.05, 0.1) is 6.10 Å². The van der Waals surface area contributed by atoms with Gasteiger partial charge in [0.1, 0.15) is 0 Å². The lowest BCUT2D eigenvalue weighted by Crippen LogP contribution is -2.59. The van der Waals surface area contributed by atoms with Gasteiger partial charge in [-0.2, -0.15) is 13.2 Å². The van der Waals surface area contributed by atoms with Crippen molar-refractivity contribution in [1.29, 1.82) is 0 Å². The van der Waals surface area contributed by atoms with E-state index in [1.807, 2.05) is 6.92 Å². The van der Waals surface area contributed by atoms with Crippen molar-refractivity contribution in [2.24, 2.45) is 46.3 Å². The first-order valence-electron chi connectivity index (χ1n) is 11.8. The van der Waals surface area contributed by atoms with Crippen LogP contribution in [0.5, 0.6) is 0 Å². The summed E-state index contributed by atoms with van der Waals surface area (Å²) in [5, 5.41) is 20.6. The predicted octanol–water partition coefficient (Wildman–Crippen LogP) is 5.96. The number of alkyl halides is 3. The highest BCUT2D eigenvalue weighted by Gasteiger charge is 2.65. The molecule has 2 N–H and O–H groups in total. The normalized spacial score (nSPS) is 52.2. The van der Waals surface area contributed by atoms with Gasteiger partial charge in [0, 0.05) is 0 Å². The summed E-state index contributed by atoms with van der Waals surface area (Å²) in [6.07, 6.45) is 1.85. The Hall–Kier alpha value is -0.290. The van der Waals surface area contributed by atoms with Gasteiger partial charge in [0.25, 0.3) is 0 Å². The molecule has 4 aliphatic rings. The maximum absolute atomic E-state index is 13.5. The summed E-state index contributed by atoms with van der Waals surface area (Å²) < 4.78 is 40.4. The molecule has 0 saturated heterocycles. The molecule has 0 unspecified atom stereocenters. The molecular formula is C24H39F3O2. The highest BCUT2D eigenvalue weighted by atomic mass is 19.4. The number of fused-ring (bicyclic) bond motifs is 5. The molecule has 5 heteroatoms. The van der Waals surface area contributed by atoms with Gasteiger partial charge in [-0.05, 0) is 111 Å². The highest BCUT2D eigenvalue weighted by molar-refractivity contribution is 5.11. The van der Waals surface area contributed by atoms with Crippen LogP contribution >= 0.6 is 0 Å². The van der Waals surface area contributed by atoms with Crippen LogP contribution in [0, 0.1) is 46.3 Å². The van der Waals surface area contributed by atoms with Crippen molar-refractivity contribution < 1.29 is 23.4 Å². The Kier molecular flexibility index (Phi) is 5.18. The molecule has 0 bridgehead atoms. The maximum Gasteiger partial charge on any atom is 0.417 e. The van der Waals surface area contributed by atoms with Gasteiger partial charge in [-0.25, -0.2) is 0 Å². The molecule has 0 aromatic rings. The van der Waals surface area contributed by atoms with Crippen molar-refractivity contribution in [2.75, 3.05) is 0 Å². The van der Waals surface area contributed by atoms with Gasteiger partial charge >= 0.3 is 6.18 Å². The quantitative estimate of drug-likeness (QED) is 0.583. The molecule has 4 aliphatic carbocycles. The first-order chi connectivity index (χ1) is 13.3. The minimum atomic E-state index is -4.52. The van der Waals surface area contributed by atoms with Crippen molar-refractivity contribution in [2.45, 2.75) is 103 Å². The fourth-order valence-electron chi connectivity index (χ4n) is 8.74. The predicted molar refractivity (Wildman–Crippen MR) is 107 cm³/mol. The Balaban J connectivity index is 1.56. The molecule has 0 heterocycles. The van der Waals surface area contributed by atoms with Gasteiger partial charge in [-0.1, -0.05) is 20.8 Å². The Bertz CT molecular complexity index is 634. The molecule has 0 spiro atoms. The second-order valence-electron chi connectivity index (χ2n) is 11.7. The third kappa shape index (κ3) is 3.11. The molecule has 2 nitrogen and oxygen atoms in total. The van der Waals surface area contributed by atoms with E-state index in [4.69, 9.17) is 0 Å². The van der Waals surface area contributed by atoms with E-state index in [0.717, 1.165) is 25.7 Å². The van der Waals surface area contributed by atoms with E-state index in [2.05, 4.69) is 20.8 Å². The largest absolute Gasteiger partial charge is 0.417 e. The summed E-state index contributed by atoms with van der Waals surface area (Å²) in [5.41, 5.74) is -2.31. The highest BCUT2D eigenvalue weighted by Crippen LogP contribution is 2.69. The lowest BCUT2D eigenvalue weighted by Gasteiger charge is -2.62. The van der Waals surface area contributed by atoms with Crippen LogP contribution in [0.25, 0.3) is 0 Å². The topological polar surface area (TPSA) is 40.5 Å². The first-order valence-corrected chi connectivity index (χ1v) is 11.8. The van der Waals surface area contributed by atoms with Crippen LogP contribution < -0.4 is 0 Å². The van der Waals surface area contributed by atoms with Gasteiger partial charge in [0.15, 0.2) is 5.60 Å². The second-order valence-corrected chi connectivity index (χ2v) is 11.7. The van der Waals surface area contributed by atoms with Crippen molar-refractivity contribution in [3.05, 3.63) is 0 Å². The molecule has 10 atom stereocenters. The number of halogens is 3. The molecule has 4 rings (SSSR count). The zero-order valence-electron chi connectivity index (χ0n) is 18.4. The molecule has 0 aromatic heterocycles. The Morgan fingerprint density at radius 3 is 2.14 bits per heavy atom. The van der Waals surface area contributed by atoms with Crippen LogP contribution in [0.1, 0.15) is 85.5 Å². The second kappa shape index (κ2) is 6.85. The first kappa shape index (κ1) is 21.9. The maximum atomic E-state index is 13.5. The molecule has 29 heavy (non-hydrogen) atoms. The molecule has 4 saturated carbocycles. The van der Waals surface area contributed by atoms with Crippen LogP contribution in [0.15, 0.2) is 0 Å². The van der Waals surface area contributed by atoms with Crippen molar-refractivity contribution in [3.63, 3.8) is 0 Å². The monoisotopic (exact) mass is 416 g/mol. The summed E-state index contributed by atoms with van der Waals surface area (Å²) in [5.74, 6) is 2.53. The third-order valence-electron chi connectivity index (χ3n) is 10.7. The molecule has 0 aliphatic heterocycles. The van der Waals surface area contributed by atoms with Gasteiger partial charge < -0.3 is 10.2 Å². The van der Waals surface area contributed by atoms with Gasteiger partial charge in [-0.15, -0.1) is 0 Å². The van der Waals surface area contributed by atoms with Gasteiger partial charge in [-0.3, -0.25) is 0 Å². The minimum absolute atomic E-state index is 0.0259. The Morgan fingerprint density at radius 2 is 1.52 bits per heavy atom. The lowest BCUT2D eigenvalue weighted by atomic mass is 9.43. The number of rotatable bonds is 2. The van der Waals surface area contributed by atoms with E-state index in [0.29, 0.717) is 36.0 Å². The van der Waals surface area contributed by atoms with Gasteiger partial charge in [0.2, 0.25) is 0 Å². The van der Waals surface area contributed by atoms with E-state index in [1.165, 1.54) is 12.8 Å². The standard InChI is InChI=1S/C24H39F3O2/c1-14(15(2)28)18-7-8-19-17-6-5-16-13-23(29,24(25,26)27)12-11-21(16,3)20(17)9-10-22(18,19)4/h14-20,28-29H,5-13H2,1-4H3/t14-,15+,16+,17+,18-,19+,20+,21+,22-,23+/m1/s1. The SMILES string of the molecule is C[C@H]([C@H](C)O)[C@H]1CC[C@H]2[C@@H]3CC[C@H]4C[C@](O)(C(F)(F)F)CC[C@]4(C)[C@H]3CC[C@]12C. The molecule has 0 radical (unpaired) electrons. The Morgan fingerprint density at radius 1 is 0.862 bits per heavy atom. The molecular weight excluding hydrogens is 377 g/mol. The average Bonchev–Trinajstić information content (AvgIpc) is 2.98.